The van der Waals surface area contributed by atoms with Crippen LogP contribution in [0, 0.1) is 17.6 Å². The molecule has 0 aromatic heterocycles. The van der Waals surface area contributed by atoms with E-state index >= 15 is 0 Å². The van der Waals surface area contributed by atoms with Gasteiger partial charge in [0.15, 0.2) is 0 Å². The van der Waals surface area contributed by atoms with Gasteiger partial charge in [0.25, 0.3) is 0 Å². The van der Waals surface area contributed by atoms with E-state index in [1.54, 1.807) is 0 Å². The Morgan fingerprint density at radius 1 is 1.19 bits per heavy atom. The molecule has 21 heavy (non-hydrogen) atoms. The van der Waals surface area contributed by atoms with Crippen molar-refractivity contribution in [3.8, 4) is 0 Å². The van der Waals surface area contributed by atoms with Crippen LogP contribution in [-0.2, 0) is 9.59 Å². The zero-order valence-electron chi connectivity index (χ0n) is 11.2. The molecule has 0 bridgehead atoms. The van der Waals surface area contributed by atoms with Crippen molar-refractivity contribution in [3.05, 3.63) is 29.8 Å². The number of rotatable bonds is 3. The van der Waals surface area contributed by atoms with Crippen molar-refractivity contribution >= 4 is 17.5 Å². The molecule has 2 unspecified atom stereocenters. The summed E-state index contributed by atoms with van der Waals surface area (Å²) in [6.07, 6.45) is 1.82. The van der Waals surface area contributed by atoms with Crippen LogP contribution in [0.1, 0.15) is 19.3 Å². The molecule has 1 aliphatic rings. The van der Waals surface area contributed by atoms with Gasteiger partial charge < -0.3 is 15.7 Å². The Balaban J connectivity index is 1.89. The number of para-hydroxylation sites is 1. The van der Waals surface area contributed by atoms with E-state index in [4.69, 9.17) is 0 Å². The molecule has 3 N–H and O–H groups in total. The van der Waals surface area contributed by atoms with E-state index in [1.165, 1.54) is 0 Å². The van der Waals surface area contributed by atoms with Gasteiger partial charge in [0.2, 0.25) is 0 Å². The van der Waals surface area contributed by atoms with E-state index in [1.807, 2.05) is 5.32 Å². The second-order valence-corrected chi connectivity index (χ2v) is 5.02. The topological polar surface area (TPSA) is 78.4 Å². The molecule has 114 valence electrons. The van der Waals surface area contributed by atoms with E-state index in [2.05, 4.69) is 5.32 Å². The minimum atomic E-state index is -1.15. The quantitative estimate of drug-likeness (QED) is 0.733. The number of aliphatic hydroxyl groups excluding tert-OH is 1. The maximum Gasteiger partial charge on any atom is 0.313 e. The van der Waals surface area contributed by atoms with Gasteiger partial charge in [-0.25, -0.2) is 8.78 Å². The van der Waals surface area contributed by atoms with Crippen LogP contribution in [0.15, 0.2) is 18.2 Å². The van der Waals surface area contributed by atoms with Crippen LogP contribution < -0.4 is 10.6 Å². The molecule has 1 aromatic rings. The maximum atomic E-state index is 13.3. The number of halogens is 2. The predicted molar refractivity (Wildman–Crippen MR) is 71.3 cm³/mol. The lowest BCUT2D eigenvalue weighted by atomic mass is 10.1. The first kappa shape index (κ1) is 15.4. The van der Waals surface area contributed by atoms with E-state index in [0.29, 0.717) is 6.42 Å². The minimum absolute atomic E-state index is 0.0908. The Morgan fingerprint density at radius 2 is 1.86 bits per heavy atom. The van der Waals surface area contributed by atoms with Crippen molar-refractivity contribution in [2.24, 2.45) is 5.92 Å². The summed E-state index contributed by atoms with van der Waals surface area (Å²) in [5.74, 6) is -4.14. The zero-order valence-corrected chi connectivity index (χ0v) is 11.2. The molecule has 2 amide bonds. The average molecular weight is 298 g/mol. The Morgan fingerprint density at radius 3 is 2.43 bits per heavy atom. The predicted octanol–water partition coefficient (Wildman–Crippen LogP) is 1.18. The molecule has 2 rings (SSSR count). The molecule has 0 spiro atoms. The normalized spacial score (nSPS) is 21.1. The molecule has 0 aliphatic heterocycles. The first-order valence-corrected chi connectivity index (χ1v) is 6.70. The fourth-order valence-corrected chi connectivity index (χ4v) is 2.35. The molecule has 2 atom stereocenters. The third-order valence-corrected chi connectivity index (χ3v) is 3.55. The first-order chi connectivity index (χ1) is 9.99. The summed E-state index contributed by atoms with van der Waals surface area (Å²) in [6.45, 7) is 0.160. The Kier molecular flexibility index (Phi) is 4.85. The summed E-state index contributed by atoms with van der Waals surface area (Å²) in [5, 5.41) is 13.9. The molecular formula is C14H16F2N2O3. The molecule has 0 heterocycles. The van der Waals surface area contributed by atoms with Gasteiger partial charge in [-0.3, -0.25) is 9.59 Å². The molecule has 1 aliphatic carbocycles. The van der Waals surface area contributed by atoms with Crippen LogP contribution >= 0.6 is 0 Å². The first-order valence-electron chi connectivity index (χ1n) is 6.70. The highest BCUT2D eigenvalue weighted by Gasteiger charge is 2.26. The summed E-state index contributed by atoms with van der Waals surface area (Å²) >= 11 is 0. The van der Waals surface area contributed by atoms with Crippen LogP contribution in [0.25, 0.3) is 0 Å². The summed E-state index contributed by atoms with van der Waals surface area (Å²) in [6, 6.07) is 3.11. The van der Waals surface area contributed by atoms with Gasteiger partial charge in [-0.1, -0.05) is 12.5 Å². The van der Waals surface area contributed by atoms with E-state index < -0.39 is 35.2 Å². The maximum absolute atomic E-state index is 13.3. The van der Waals surface area contributed by atoms with Crippen molar-refractivity contribution in [2.75, 3.05) is 11.9 Å². The Bertz CT molecular complexity index is 531. The number of carbonyl (C=O) groups excluding carboxylic acids is 2. The van der Waals surface area contributed by atoms with Gasteiger partial charge in [0.1, 0.15) is 17.3 Å². The molecule has 5 nitrogen and oxygen atoms in total. The summed E-state index contributed by atoms with van der Waals surface area (Å²) in [5.41, 5.74) is -0.654. The fourth-order valence-electron chi connectivity index (χ4n) is 2.35. The lowest BCUT2D eigenvalue weighted by Gasteiger charge is -2.15. The molecule has 7 heteroatoms. The second-order valence-electron chi connectivity index (χ2n) is 5.02. The molecule has 1 fully saturated rings. The SMILES string of the molecule is O=C(NCC1CCCC1O)C(=O)Nc1c(F)cccc1F. The van der Waals surface area contributed by atoms with Crippen molar-refractivity contribution in [3.63, 3.8) is 0 Å². The number of nitrogens with one attached hydrogen (secondary N) is 2. The molecular weight excluding hydrogens is 282 g/mol. The van der Waals surface area contributed by atoms with Crippen LogP contribution in [0.4, 0.5) is 14.5 Å². The minimum Gasteiger partial charge on any atom is -0.393 e. The van der Waals surface area contributed by atoms with Crippen molar-refractivity contribution < 1.29 is 23.5 Å². The summed E-state index contributed by atoms with van der Waals surface area (Å²) in [7, 11) is 0. The number of hydrogen-bond acceptors (Lipinski definition) is 3. The third-order valence-electron chi connectivity index (χ3n) is 3.55. The molecule has 1 saturated carbocycles. The van der Waals surface area contributed by atoms with Crippen LogP contribution in [0.5, 0.6) is 0 Å². The Labute approximate surface area is 120 Å². The largest absolute Gasteiger partial charge is 0.393 e. The van der Waals surface area contributed by atoms with Gasteiger partial charge in [0, 0.05) is 12.5 Å². The fraction of sp³-hybridized carbons (Fsp3) is 0.429. The molecule has 0 radical (unpaired) electrons. The highest BCUT2D eigenvalue weighted by molar-refractivity contribution is 6.39. The highest BCUT2D eigenvalue weighted by Crippen LogP contribution is 2.24. The van der Waals surface area contributed by atoms with Gasteiger partial charge in [-0.2, -0.15) is 0 Å². The summed E-state index contributed by atoms with van der Waals surface area (Å²) in [4.78, 5) is 23.2. The van der Waals surface area contributed by atoms with Crippen LogP contribution in [0.2, 0.25) is 0 Å². The molecule has 0 saturated heterocycles. The van der Waals surface area contributed by atoms with Gasteiger partial charge in [-0.05, 0) is 25.0 Å². The zero-order chi connectivity index (χ0) is 15.4. The number of aliphatic hydroxyl groups is 1. The van der Waals surface area contributed by atoms with Crippen LogP contribution in [0.3, 0.4) is 0 Å². The Hall–Kier alpha value is -2.02. The highest BCUT2D eigenvalue weighted by atomic mass is 19.1. The van der Waals surface area contributed by atoms with E-state index in [-0.39, 0.29) is 12.5 Å². The monoisotopic (exact) mass is 298 g/mol. The van der Waals surface area contributed by atoms with Crippen molar-refractivity contribution in [2.45, 2.75) is 25.4 Å². The number of hydrogen-bond donors (Lipinski definition) is 3. The van der Waals surface area contributed by atoms with Crippen molar-refractivity contribution in [1.29, 1.82) is 0 Å². The van der Waals surface area contributed by atoms with Crippen LogP contribution in [-0.4, -0.2) is 29.6 Å². The number of anilines is 1. The second kappa shape index (κ2) is 6.62. The van der Waals surface area contributed by atoms with Gasteiger partial charge in [0.05, 0.1) is 6.10 Å². The number of carbonyl (C=O) groups is 2. The average Bonchev–Trinajstić information content (AvgIpc) is 2.85. The van der Waals surface area contributed by atoms with Gasteiger partial charge >= 0.3 is 11.8 Å². The third kappa shape index (κ3) is 3.75. The lowest BCUT2D eigenvalue weighted by Crippen LogP contribution is -2.39. The van der Waals surface area contributed by atoms with E-state index in [0.717, 1.165) is 31.0 Å². The van der Waals surface area contributed by atoms with E-state index in [9.17, 15) is 23.5 Å². The van der Waals surface area contributed by atoms with Crippen molar-refractivity contribution in [1.82, 2.24) is 5.32 Å². The number of benzene rings is 1. The number of amides is 2. The smallest absolute Gasteiger partial charge is 0.313 e. The molecule has 1 aromatic carbocycles. The van der Waals surface area contributed by atoms with Gasteiger partial charge in [-0.15, -0.1) is 0 Å². The summed E-state index contributed by atoms with van der Waals surface area (Å²) < 4.78 is 26.7. The standard InChI is InChI=1S/C14H16F2N2O3/c15-9-4-2-5-10(16)12(9)18-14(21)13(20)17-7-8-3-1-6-11(8)19/h2,4-5,8,11,19H,1,3,6-7H2,(H,17,20)(H,18,21). The lowest BCUT2D eigenvalue weighted by molar-refractivity contribution is -0.136.